The van der Waals surface area contributed by atoms with Gasteiger partial charge in [0.2, 0.25) is 11.7 Å². The Balaban J connectivity index is 1.77. The third-order valence-electron chi connectivity index (χ3n) is 5.00. The topological polar surface area (TPSA) is 145 Å². The summed E-state index contributed by atoms with van der Waals surface area (Å²) in [6.45, 7) is 7.63. The van der Waals surface area contributed by atoms with Crippen LogP contribution in [0.25, 0.3) is 22.8 Å². The maximum absolute atomic E-state index is 10.9. The van der Waals surface area contributed by atoms with E-state index >= 15 is 0 Å². The highest BCUT2D eigenvalue weighted by atomic mass is 16.5. The van der Waals surface area contributed by atoms with Gasteiger partial charge in [-0.25, -0.2) is 0 Å². The number of nitrogens with zero attached hydrogens (tertiary/aromatic N) is 3. The van der Waals surface area contributed by atoms with Crippen LogP contribution in [0.5, 0.6) is 5.75 Å². The Morgan fingerprint density at radius 1 is 1.09 bits per heavy atom. The number of hydrogen-bond donors (Lipinski definition) is 3. The van der Waals surface area contributed by atoms with Crippen molar-refractivity contribution in [1.82, 2.24) is 15.1 Å². The molecule has 0 aliphatic heterocycles. The van der Waals surface area contributed by atoms with Crippen molar-refractivity contribution in [2.45, 2.75) is 52.7 Å². The minimum absolute atomic E-state index is 0.0844. The number of amides is 1. The van der Waals surface area contributed by atoms with Gasteiger partial charge in [-0.1, -0.05) is 12.1 Å². The van der Waals surface area contributed by atoms with Crippen LogP contribution in [0.3, 0.4) is 0 Å². The Morgan fingerprint density at radius 3 is 2.41 bits per heavy atom. The van der Waals surface area contributed by atoms with Crippen LogP contribution < -0.4 is 10.5 Å². The first-order valence-electron chi connectivity index (χ1n) is 10.4. The van der Waals surface area contributed by atoms with E-state index < -0.39 is 18.1 Å². The minimum atomic E-state index is -1.41. The average molecular weight is 441 g/mol. The van der Waals surface area contributed by atoms with Crippen LogP contribution in [-0.4, -0.2) is 50.1 Å². The summed E-state index contributed by atoms with van der Waals surface area (Å²) in [7, 11) is 0. The zero-order valence-electron chi connectivity index (χ0n) is 18.6. The summed E-state index contributed by atoms with van der Waals surface area (Å²) < 4.78 is 11.2. The molecule has 32 heavy (non-hydrogen) atoms. The Bertz CT molecular complexity index is 1090. The molecule has 0 aliphatic carbocycles. The molecule has 0 aliphatic rings. The van der Waals surface area contributed by atoms with Crippen molar-refractivity contribution in [2.24, 2.45) is 5.73 Å². The smallest absolute Gasteiger partial charge is 0.258 e. The summed E-state index contributed by atoms with van der Waals surface area (Å²) >= 11 is 0. The Kier molecular flexibility index (Phi) is 7.22. The van der Waals surface area contributed by atoms with Crippen LogP contribution in [0.2, 0.25) is 0 Å². The van der Waals surface area contributed by atoms with E-state index in [9.17, 15) is 15.0 Å². The summed E-state index contributed by atoms with van der Waals surface area (Å²) in [4.78, 5) is 19.9. The van der Waals surface area contributed by atoms with Crippen molar-refractivity contribution in [3.63, 3.8) is 0 Å². The summed E-state index contributed by atoms with van der Waals surface area (Å²) in [5.74, 6) is 0.595. The number of carbonyl (C=O) groups is 1. The summed E-state index contributed by atoms with van der Waals surface area (Å²) in [6, 6.07) is 7.59. The lowest BCUT2D eigenvalue weighted by Crippen LogP contribution is -2.33. The molecule has 170 valence electrons. The Morgan fingerprint density at radius 2 is 1.78 bits per heavy atom. The molecule has 9 heteroatoms. The number of benzene rings is 1. The second kappa shape index (κ2) is 9.88. The first-order valence-corrected chi connectivity index (χ1v) is 10.4. The quantitative estimate of drug-likeness (QED) is 0.459. The van der Waals surface area contributed by atoms with E-state index in [1.54, 1.807) is 0 Å². The number of rotatable bonds is 9. The molecule has 2 atom stereocenters. The van der Waals surface area contributed by atoms with Gasteiger partial charge in [-0.05, 0) is 62.6 Å². The van der Waals surface area contributed by atoms with Gasteiger partial charge >= 0.3 is 0 Å². The molecule has 2 heterocycles. The van der Waals surface area contributed by atoms with E-state index in [1.807, 2.05) is 52.0 Å². The van der Waals surface area contributed by atoms with Crippen molar-refractivity contribution >= 4 is 5.91 Å². The molecular formula is C23H28N4O5. The van der Waals surface area contributed by atoms with Crippen molar-refractivity contribution < 1.29 is 24.3 Å². The fourth-order valence-corrected chi connectivity index (χ4v) is 3.43. The third kappa shape index (κ3) is 5.49. The monoisotopic (exact) mass is 440 g/mol. The summed E-state index contributed by atoms with van der Waals surface area (Å²) in [5, 5.41) is 23.6. The van der Waals surface area contributed by atoms with Gasteiger partial charge in [0.25, 0.3) is 5.89 Å². The molecule has 0 saturated heterocycles. The average Bonchev–Trinajstić information content (AvgIpc) is 3.22. The van der Waals surface area contributed by atoms with Gasteiger partial charge in [-0.3, -0.25) is 9.78 Å². The van der Waals surface area contributed by atoms with Gasteiger partial charge in [-0.15, -0.1) is 0 Å². The molecule has 1 unspecified atom stereocenters. The van der Waals surface area contributed by atoms with Crippen molar-refractivity contribution in [1.29, 1.82) is 0 Å². The Hall–Kier alpha value is -3.30. The predicted molar refractivity (Wildman–Crippen MR) is 118 cm³/mol. The van der Waals surface area contributed by atoms with Crippen molar-refractivity contribution in [2.75, 3.05) is 6.61 Å². The van der Waals surface area contributed by atoms with Gasteiger partial charge in [0.15, 0.2) is 0 Å². The third-order valence-corrected chi connectivity index (χ3v) is 5.00. The molecule has 1 aromatic carbocycles. The lowest BCUT2D eigenvalue weighted by Gasteiger charge is -2.17. The maximum atomic E-state index is 10.9. The van der Waals surface area contributed by atoms with E-state index in [4.69, 9.17) is 15.0 Å². The highest BCUT2D eigenvalue weighted by Gasteiger charge is 2.19. The van der Waals surface area contributed by atoms with Gasteiger partial charge in [0.1, 0.15) is 18.5 Å². The number of hydrogen-bond acceptors (Lipinski definition) is 8. The molecule has 2 aromatic heterocycles. The predicted octanol–water partition coefficient (Wildman–Crippen LogP) is 2.26. The van der Waals surface area contributed by atoms with E-state index in [2.05, 4.69) is 15.1 Å². The zero-order valence-corrected chi connectivity index (χ0v) is 18.6. The number of carbonyl (C=O) groups excluding carboxylic acids is 1. The molecule has 0 fully saturated rings. The fourth-order valence-electron chi connectivity index (χ4n) is 3.43. The van der Waals surface area contributed by atoms with Crippen LogP contribution in [0.15, 0.2) is 28.8 Å². The molecule has 9 nitrogen and oxygen atoms in total. The van der Waals surface area contributed by atoms with Crippen LogP contribution in [-0.2, 0) is 11.2 Å². The molecule has 3 aromatic rings. The number of ether oxygens (including phenoxy) is 1. The molecule has 4 N–H and O–H groups in total. The highest BCUT2D eigenvalue weighted by Crippen LogP contribution is 2.30. The number of aliphatic hydroxyl groups is 2. The summed E-state index contributed by atoms with van der Waals surface area (Å²) in [5.41, 5.74) is 10.1. The number of pyridine rings is 1. The van der Waals surface area contributed by atoms with Crippen LogP contribution in [0, 0.1) is 20.8 Å². The minimum Gasteiger partial charge on any atom is -0.490 e. The molecule has 1 amide bonds. The number of aryl methyl sites for hydroxylation is 4. The van der Waals surface area contributed by atoms with Gasteiger partial charge < -0.3 is 25.2 Å². The van der Waals surface area contributed by atoms with E-state index in [-0.39, 0.29) is 13.0 Å². The van der Waals surface area contributed by atoms with Gasteiger partial charge in [-0.2, -0.15) is 4.98 Å². The standard InChI is InChI=1S/C23H28N4O5/c1-5-17-9-16(8-14(4)25-17)23-26-22(27-32-23)15-6-12(2)20(13(3)7-15)31-11-18(28)10-19(29)21(24)30/h6-9,18-19,28-29H,5,10-11H2,1-4H3,(H2,24,30)/t18-,19?/m0/s1. The lowest BCUT2D eigenvalue weighted by atomic mass is 10.0. The Labute approximate surface area is 186 Å². The molecule has 0 radical (unpaired) electrons. The van der Waals surface area contributed by atoms with E-state index in [0.29, 0.717) is 17.5 Å². The fraction of sp³-hybridized carbons (Fsp3) is 0.391. The molecular weight excluding hydrogens is 412 g/mol. The zero-order chi connectivity index (χ0) is 23.4. The normalized spacial score (nSPS) is 13.1. The molecule has 0 spiro atoms. The van der Waals surface area contributed by atoms with Crippen molar-refractivity contribution in [3.8, 4) is 28.6 Å². The highest BCUT2D eigenvalue weighted by molar-refractivity contribution is 5.78. The SMILES string of the molecule is CCc1cc(-c2nc(-c3cc(C)c(OC[C@@H](O)CC(O)C(N)=O)c(C)c3)no2)cc(C)n1. The number of primary amides is 1. The number of aromatic nitrogens is 3. The second-order valence-electron chi connectivity index (χ2n) is 7.82. The van der Waals surface area contributed by atoms with Gasteiger partial charge in [0, 0.05) is 28.9 Å². The van der Waals surface area contributed by atoms with Crippen LogP contribution >= 0.6 is 0 Å². The molecule has 0 saturated carbocycles. The first kappa shape index (κ1) is 23.4. The largest absolute Gasteiger partial charge is 0.490 e. The van der Waals surface area contributed by atoms with E-state index in [0.717, 1.165) is 40.1 Å². The first-order chi connectivity index (χ1) is 15.2. The van der Waals surface area contributed by atoms with Crippen LogP contribution in [0.1, 0.15) is 35.9 Å². The van der Waals surface area contributed by atoms with Crippen molar-refractivity contribution in [3.05, 3.63) is 46.8 Å². The lowest BCUT2D eigenvalue weighted by molar-refractivity contribution is -0.127. The molecule has 0 bridgehead atoms. The maximum Gasteiger partial charge on any atom is 0.258 e. The number of aliphatic hydroxyl groups excluding tert-OH is 2. The van der Waals surface area contributed by atoms with Crippen LogP contribution in [0.4, 0.5) is 0 Å². The molecule has 3 rings (SSSR count). The van der Waals surface area contributed by atoms with E-state index in [1.165, 1.54) is 0 Å². The van der Waals surface area contributed by atoms with Gasteiger partial charge in [0.05, 0.1) is 6.10 Å². The number of nitrogens with two attached hydrogens (primary N) is 1. The second-order valence-corrected chi connectivity index (χ2v) is 7.82. The summed E-state index contributed by atoms with van der Waals surface area (Å²) in [6.07, 6.45) is -1.83.